The molecule has 3 rings (SSSR count). The Morgan fingerprint density at radius 2 is 0.700 bits per heavy atom. The highest BCUT2D eigenvalue weighted by Crippen LogP contribution is 2.19. The Morgan fingerprint density at radius 3 is 0.975 bits per heavy atom. The smallest absolute Gasteiger partial charge is 0.178 e. The number of hydrogen-bond donors (Lipinski definition) is 0. The molecule has 0 bridgehead atoms. The second-order valence-corrected chi connectivity index (χ2v) is 14.4. The summed E-state index contributed by atoms with van der Waals surface area (Å²) in [6.45, 7) is 4.23. The van der Waals surface area contributed by atoms with Crippen LogP contribution in [0.4, 0.5) is 0 Å². The Kier molecular flexibility index (Phi) is 12.4. The van der Waals surface area contributed by atoms with Crippen LogP contribution in [0.3, 0.4) is 0 Å². The lowest BCUT2D eigenvalue weighted by atomic mass is 10.1. The van der Waals surface area contributed by atoms with Crippen molar-refractivity contribution in [2.75, 3.05) is 11.5 Å². The summed E-state index contributed by atoms with van der Waals surface area (Å²) in [6.07, 6.45) is 15.6. The summed E-state index contributed by atoms with van der Waals surface area (Å²) in [6, 6.07) is 22.3. The summed E-state index contributed by atoms with van der Waals surface area (Å²) in [5.74, 6) is 0.408. The van der Waals surface area contributed by atoms with Crippen LogP contribution < -0.4 is 0 Å². The van der Waals surface area contributed by atoms with Gasteiger partial charge >= 0.3 is 0 Å². The van der Waals surface area contributed by atoms with E-state index in [1.54, 1.807) is 24.3 Å². The van der Waals surface area contributed by atoms with Gasteiger partial charge in [0.25, 0.3) is 0 Å². The van der Waals surface area contributed by atoms with Crippen LogP contribution in [0.5, 0.6) is 0 Å². The predicted molar refractivity (Wildman–Crippen MR) is 170 cm³/mol. The van der Waals surface area contributed by atoms with E-state index in [9.17, 15) is 16.8 Å². The molecule has 0 aliphatic heterocycles. The van der Waals surface area contributed by atoms with Gasteiger partial charge in [-0.1, -0.05) is 125 Å². The van der Waals surface area contributed by atoms with Crippen LogP contribution in [0.25, 0.3) is 24.3 Å². The van der Waals surface area contributed by atoms with E-state index in [4.69, 9.17) is 0 Å². The number of benzene rings is 3. The molecule has 3 aromatic carbocycles. The molecule has 0 spiro atoms. The molecule has 6 heteroatoms. The van der Waals surface area contributed by atoms with Gasteiger partial charge in [0.1, 0.15) is 0 Å². The summed E-state index contributed by atoms with van der Waals surface area (Å²) in [4.78, 5) is 0.770. The van der Waals surface area contributed by atoms with Gasteiger partial charge in [-0.15, -0.1) is 0 Å². The molecule has 0 aliphatic rings. The molecule has 0 N–H and O–H groups in total. The molecule has 0 saturated carbocycles. The molecule has 0 heterocycles. The number of sulfone groups is 2. The molecular formula is C34H42O4S2. The maximum absolute atomic E-state index is 12.5. The fourth-order valence-corrected chi connectivity index (χ4v) is 7.09. The van der Waals surface area contributed by atoms with Gasteiger partial charge in [0.05, 0.1) is 21.3 Å². The average Bonchev–Trinajstić information content (AvgIpc) is 2.96. The Hall–Kier alpha value is -2.96. The van der Waals surface area contributed by atoms with Gasteiger partial charge in [0.2, 0.25) is 0 Å². The zero-order valence-electron chi connectivity index (χ0n) is 23.8. The minimum atomic E-state index is -3.23. The first kappa shape index (κ1) is 31.6. The van der Waals surface area contributed by atoms with Crippen molar-refractivity contribution in [3.63, 3.8) is 0 Å². The quantitative estimate of drug-likeness (QED) is 0.126. The fourth-order valence-electron chi connectivity index (χ4n) is 4.35. The highest BCUT2D eigenvalue weighted by molar-refractivity contribution is 7.91. The third-order valence-electron chi connectivity index (χ3n) is 6.88. The van der Waals surface area contributed by atoms with E-state index in [2.05, 4.69) is 13.8 Å². The topological polar surface area (TPSA) is 68.3 Å². The summed E-state index contributed by atoms with van der Waals surface area (Å²) < 4.78 is 50.1. The molecule has 40 heavy (non-hydrogen) atoms. The lowest BCUT2D eigenvalue weighted by Crippen LogP contribution is -2.06. The number of unbranched alkanes of at least 4 members (excludes halogenated alkanes) is 6. The minimum Gasteiger partial charge on any atom is -0.224 e. The minimum absolute atomic E-state index is 0.204. The number of hydrogen-bond acceptors (Lipinski definition) is 4. The van der Waals surface area contributed by atoms with Gasteiger partial charge in [-0.2, -0.15) is 0 Å². The van der Waals surface area contributed by atoms with E-state index in [0.29, 0.717) is 22.6 Å². The molecule has 0 aliphatic carbocycles. The molecule has 214 valence electrons. The highest BCUT2D eigenvalue weighted by atomic mass is 32.2. The van der Waals surface area contributed by atoms with Gasteiger partial charge in [-0.3, -0.25) is 0 Å². The molecular weight excluding hydrogens is 537 g/mol. The summed E-state index contributed by atoms with van der Waals surface area (Å²) in [7, 11) is -6.45. The zero-order valence-corrected chi connectivity index (χ0v) is 25.4. The van der Waals surface area contributed by atoms with E-state index in [1.165, 1.54) is 0 Å². The lowest BCUT2D eigenvalue weighted by molar-refractivity contribution is 0.587. The monoisotopic (exact) mass is 578 g/mol. The van der Waals surface area contributed by atoms with Crippen LogP contribution in [0.2, 0.25) is 0 Å². The van der Waals surface area contributed by atoms with E-state index >= 15 is 0 Å². The summed E-state index contributed by atoms with van der Waals surface area (Å²) >= 11 is 0. The third kappa shape index (κ3) is 10.2. The Balaban J connectivity index is 1.54. The normalized spacial score (nSPS) is 12.4. The van der Waals surface area contributed by atoms with Crippen molar-refractivity contribution >= 4 is 44.0 Å². The molecule has 0 aromatic heterocycles. The van der Waals surface area contributed by atoms with E-state index in [1.807, 2.05) is 72.8 Å². The number of rotatable bonds is 16. The van der Waals surface area contributed by atoms with Crippen LogP contribution in [-0.4, -0.2) is 28.3 Å². The van der Waals surface area contributed by atoms with Crippen LogP contribution in [0, 0.1) is 0 Å². The van der Waals surface area contributed by atoms with Crippen LogP contribution in [-0.2, 0) is 19.7 Å². The first-order chi connectivity index (χ1) is 19.2. The second-order valence-electron chi connectivity index (χ2n) is 10.2. The molecule has 4 nitrogen and oxygen atoms in total. The van der Waals surface area contributed by atoms with Gasteiger partial charge < -0.3 is 0 Å². The predicted octanol–water partition coefficient (Wildman–Crippen LogP) is 8.74. The lowest BCUT2D eigenvalue weighted by Gasteiger charge is -2.05. The zero-order chi connectivity index (χ0) is 28.8. The SMILES string of the molecule is CCCCCCS(=O)(=O)c1ccc(/C=C/c2ccc(/C=C/c3ccc(S(=O)(=O)CCCCCC)cc3)cc2)cc1. The summed E-state index contributed by atoms with van der Waals surface area (Å²) in [5.41, 5.74) is 3.97. The molecule has 0 atom stereocenters. The molecule has 3 aromatic rings. The molecule has 0 amide bonds. The standard InChI is InChI=1S/C34H42O4S2/c1-3-5-7-9-27-39(35,36)33-23-19-31(20-24-33)17-15-29-11-13-30(14-12-29)16-18-32-21-25-34(26-22-32)40(37,38)28-10-8-6-4-2/h11-26H,3-10,27-28H2,1-2H3/b17-15+,18-16+. The third-order valence-corrected chi connectivity index (χ3v) is 10.5. The highest BCUT2D eigenvalue weighted by Gasteiger charge is 2.14. The first-order valence-electron chi connectivity index (χ1n) is 14.4. The molecule has 0 unspecified atom stereocenters. The maximum Gasteiger partial charge on any atom is 0.178 e. The van der Waals surface area contributed by atoms with Crippen molar-refractivity contribution in [2.24, 2.45) is 0 Å². The van der Waals surface area contributed by atoms with Crippen LogP contribution in [0.1, 0.15) is 87.5 Å². The summed E-state index contributed by atoms with van der Waals surface area (Å²) in [5, 5.41) is 0. The van der Waals surface area contributed by atoms with Crippen molar-refractivity contribution in [3.05, 3.63) is 95.1 Å². The van der Waals surface area contributed by atoms with E-state index < -0.39 is 19.7 Å². The largest absolute Gasteiger partial charge is 0.224 e. The fraction of sp³-hybridized carbons (Fsp3) is 0.353. The van der Waals surface area contributed by atoms with E-state index in [0.717, 1.165) is 60.8 Å². The molecule has 0 radical (unpaired) electrons. The van der Waals surface area contributed by atoms with Gasteiger partial charge in [-0.05, 0) is 59.4 Å². The van der Waals surface area contributed by atoms with Crippen molar-refractivity contribution in [1.29, 1.82) is 0 Å². The molecule has 0 fully saturated rings. The average molecular weight is 579 g/mol. The molecule has 0 saturated heterocycles. The van der Waals surface area contributed by atoms with Gasteiger partial charge in [-0.25, -0.2) is 16.8 Å². The van der Waals surface area contributed by atoms with Crippen molar-refractivity contribution in [3.8, 4) is 0 Å². The van der Waals surface area contributed by atoms with Crippen molar-refractivity contribution in [2.45, 2.75) is 75.0 Å². The van der Waals surface area contributed by atoms with Gasteiger partial charge in [0.15, 0.2) is 19.7 Å². The Labute approximate surface area is 241 Å². The van der Waals surface area contributed by atoms with Crippen molar-refractivity contribution in [1.82, 2.24) is 0 Å². The van der Waals surface area contributed by atoms with Crippen LogP contribution in [0.15, 0.2) is 82.6 Å². The Morgan fingerprint density at radius 1 is 0.425 bits per heavy atom. The maximum atomic E-state index is 12.5. The Bertz CT molecular complexity index is 1330. The van der Waals surface area contributed by atoms with Gasteiger partial charge in [0, 0.05) is 0 Å². The van der Waals surface area contributed by atoms with Crippen molar-refractivity contribution < 1.29 is 16.8 Å². The van der Waals surface area contributed by atoms with E-state index in [-0.39, 0.29) is 11.5 Å². The first-order valence-corrected chi connectivity index (χ1v) is 17.7. The second kappa shape index (κ2) is 15.7. The van der Waals surface area contributed by atoms with Crippen LogP contribution >= 0.6 is 0 Å².